The number of benzene rings is 1. The molecule has 2 heterocycles. The molecule has 3 N–H and O–H groups in total. The fourth-order valence-electron chi connectivity index (χ4n) is 3.93. The largest absolute Gasteiger partial charge is 0.507 e. The third-order valence-electron chi connectivity index (χ3n) is 5.90. The first-order valence-corrected chi connectivity index (χ1v) is 10.8. The van der Waals surface area contributed by atoms with E-state index in [4.69, 9.17) is 0 Å². The summed E-state index contributed by atoms with van der Waals surface area (Å²) in [4.78, 5) is 27.5. The molecule has 1 saturated heterocycles. The van der Waals surface area contributed by atoms with Crippen molar-refractivity contribution in [2.24, 2.45) is 0 Å². The third-order valence-corrected chi connectivity index (χ3v) is 5.90. The van der Waals surface area contributed by atoms with Crippen molar-refractivity contribution in [1.82, 2.24) is 20.2 Å². The molecule has 176 valence electrons. The number of carbonyl (C=O) groups excluding carboxylic acids is 2. The van der Waals surface area contributed by atoms with Gasteiger partial charge in [0.25, 0.3) is 11.8 Å². The number of hydrazine groups is 1. The molecule has 3 aliphatic rings. The average molecular weight is 460 g/mol. The van der Waals surface area contributed by atoms with Crippen molar-refractivity contribution in [3.05, 3.63) is 71.3 Å². The summed E-state index contributed by atoms with van der Waals surface area (Å²) in [6.07, 6.45) is 4.64. The summed E-state index contributed by atoms with van der Waals surface area (Å²) in [7, 11) is 0. The molecule has 8 nitrogen and oxygen atoms in total. The minimum Gasteiger partial charge on any atom is -0.507 e. The second-order valence-corrected chi connectivity index (χ2v) is 8.29. The van der Waals surface area contributed by atoms with Crippen LogP contribution in [0.5, 0.6) is 0 Å². The van der Waals surface area contributed by atoms with Gasteiger partial charge in [-0.1, -0.05) is 12.1 Å². The first kappa shape index (κ1) is 22.9. The Morgan fingerprint density at radius 1 is 1.30 bits per heavy atom. The summed E-state index contributed by atoms with van der Waals surface area (Å²) < 4.78 is 27.0. The van der Waals surface area contributed by atoms with Crippen molar-refractivity contribution in [2.75, 3.05) is 13.2 Å². The van der Waals surface area contributed by atoms with Gasteiger partial charge in [0.2, 0.25) is 0 Å². The normalized spacial score (nSPS) is 21.1. The van der Waals surface area contributed by atoms with Crippen molar-refractivity contribution in [1.29, 1.82) is 0 Å². The smallest absolute Gasteiger partial charge is 0.276 e. The zero-order valence-corrected chi connectivity index (χ0v) is 18.0. The van der Waals surface area contributed by atoms with Crippen LogP contribution in [-0.4, -0.2) is 62.3 Å². The predicted octanol–water partition coefficient (Wildman–Crippen LogP) is 2.06. The van der Waals surface area contributed by atoms with Crippen LogP contribution in [0, 0.1) is 11.6 Å². The van der Waals surface area contributed by atoms with Crippen molar-refractivity contribution < 1.29 is 28.6 Å². The Morgan fingerprint density at radius 2 is 2.06 bits per heavy atom. The predicted molar refractivity (Wildman–Crippen MR) is 115 cm³/mol. The summed E-state index contributed by atoms with van der Waals surface area (Å²) in [5.74, 6) is -3.31. The molecule has 2 aliphatic heterocycles. The zero-order chi connectivity index (χ0) is 23.7. The van der Waals surface area contributed by atoms with Gasteiger partial charge in [-0.25, -0.2) is 8.78 Å². The van der Waals surface area contributed by atoms with E-state index in [2.05, 4.69) is 11.9 Å². The lowest BCUT2D eigenvalue weighted by atomic mass is 10.0. The van der Waals surface area contributed by atoms with Crippen molar-refractivity contribution in [2.45, 2.75) is 44.4 Å². The number of hydrogen-bond donors (Lipinski definition) is 3. The van der Waals surface area contributed by atoms with Gasteiger partial charge >= 0.3 is 0 Å². The number of unbranched alkanes of at least 4 members (excludes halogenated alkanes) is 1. The lowest BCUT2D eigenvalue weighted by molar-refractivity contribution is -0.148. The van der Waals surface area contributed by atoms with Crippen LogP contribution in [0.15, 0.2) is 54.1 Å². The first-order valence-electron chi connectivity index (χ1n) is 10.8. The SMILES string of the molecule is C=CCCCN1CN(C2CC2)C(=O)C2=C(O)C(O)C(C(=O)NCc3ccc(F)cc3F)=CN21. The van der Waals surface area contributed by atoms with E-state index in [-0.39, 0.29) is 29.4 Å². The van der Waals surface area contributed by atoms with Crippen LogP contribution in [0.1, 0.15) is 31.2 Å². The molecule has 10 heteroatoms. The van der Waals surface area contributed by atoms with Gasteiger partial charge in [0.05, 0.1) is 12.2 Å². The zero-order valence-electron chi connectivity index (χ0n) is 18.0. The molecular weight excluding hydrogens is 434 g/mol. The molecule has 1 aromatic carbocycles. The van der Waals surface area contributed by atoms with E-state index in [0.717, 1.165) is 31.7 Å². The molecule has 0 bridgehead atoms. The van der Waals surface area contributed by atoms with Crippen LogP contribution in [0.25, 0.3) is 0 Å². The van der Waals surface area contributed by atoms with Crippen LogP contribution in [0.4, 0.5) is 8.78 Å². The summed E-state index contributed by atoms with van der Waals surface area (Å²) in [5.41, 5.74) is -0.212. The molecule has 2 amide bonds. The highest BCUT2D eigenvalue weighted by Crippen LogP contribution is 2.36. The van der Waals surface area contributed by atoms with E-state index in [0.29, 0.717) is 19.3 Å². The van der Waals surface area contributed by atoms with Gasteiger partial charge < -0.3 is 20.4 Å². The second kappa shape index (κ2) is 9.32. The van der Waals surface area contributed by atoms with Gasteiger partial charge in [-0.2, -0.15) is 5.01 Å². The molecule has 1 unspecified atom stereocenters. The summed E-state index contributed by atoms with van der Waals surface area (Å²) >= 11 is 0. The minimum absolute atomic E-state index is 0.0652. The number of nitrogens with one attached hydrogen (secondary N) is 1. The van der Waals surface area contributed by atoms with Crippen LogP contribution in [0.2, 0.25) is 0 Å². The van der Waals surface area contributed by atoms with Gasteiger partial charge in [-0.15, -0.1) is 6.58 Å². The Labute approximate surface area is 190 Å². The van der Waals surface area contributed by atoms with Crippen LogP contribution >= 0.6 is 0 Å². The fraction of sp³-hybridized carbons (Fsp3) is 0.391. The molecule has 0 radical (unpaired) electrons. The molecule has 1 atom stereocenters. The quantitative estimate of drug-likeness (QED) is 0.406. The number of hydrogen-bond acceptors (Lipinski definition) is 6. The molecule has 1 saturated carbocycles. The van der Waals surface area contributed by atoms with Crippen LogP contribution in [-0.2, 0) is 16.1 Å². The average Bonchev–Trinajstić information content (AvgIpc) is 3.62. The van der Waals surface area contributed by atoms with E-state index >= 15 is 0 Å². The Hall–Kier alpha value is -3.24. The fourth-order valence-corrected chi connectivity index (χ4v) is 3.93. The summed E-state index contributed by atoms with van der Waals surface area (Å²) in [6.45, 7) is 4.29. The maximum absolute atomic E-state index is 13.9. The Kier molecular flexibility index (Phi) is 6.48. The minimum atomic E-state index is -1.72. The number of allylic oxidation sites excluding steroid dienone is 1. The van der Waals surface area contributed by atoms with Crippen molar-refractivity contribution in [3.8, 4) is 0 Å². The number of aliphatic hydroxyl groups is 2. The van der Waals surface area contributed by atoms with Crippen LogP contribution < -0.4 is 5.32 Å². The Balaban J connectivity index is 1.56. The highest BCUT2D eigenvalue weighted by molar-refractivity contribution is 5.99. The number of fused-ring (bicyclic) bond motifs is 1. The number of aliphatic hydroxyl groups excluding tert-OH is 2. The van der Waals surface area contributed by atoms with E-state index in [1.165, 1.54) is 17.3 Å². The molecule has 0 spiro atoms. The lowest BCUT2D eigenvalue weighted by Gasteiger charge is -2.46. The van der Waals surface area contributed by atoms with E-state index in [9.17, 15) is 28.6 Å². The van der Waals surface area contributed by atoms with Gasteiger partial charge in [0.1, 0.15) is 17.7 Å². The number of nitrogens with zero attached hydrogens (tertiary/aromatic N) is 3. The van der Waals surface area contributed by atoms with Gasteiger partial charge in [-0.3, -0.25) is 14.6 Å². The molecule has 1 aromatic rings. The summed E-state index contributed by atoms with van der Waals surface area (Å²) in [6, 6.07) is 3.09. The van der Waals surface area contributed by atoms with Crippen LogP contribution in [0.3, 0.4) is 0 Å². The third kappa shape index (κ3) is 4.62. The Bertz CT molecular complexity index is 1040. The number of rotatable bonds is 8. The maximum atomic E-state index is 13.9. The number of amides is 2. The van der Waals surface area contributed by atoms with Gasteiger partial charge in [-0.05, 0) is 31.7 Å². The molecule has 2 fully saturated rings. The maximum Gasteiger partial charge on any atom is 0.276 e. The molecular formula is C23H26F2N4O4. The van der Waals surface area contributed by atoms with E-state index in [1.807, 2.05) is 5.01 Å². The van der Waals surface area contributed by atoms with Gasteiger partial charge in [0.15, 0.2) is 11.5 Å². The molecule has 4 rings (SSSR count). The topological polar surface area (TPSA) is 96.4 Å². The van der Waals surface area contributed by atoms with Gasteiger partial charge in [0, 0.05) is 37.0 Å². The van der Waals surface area contributed by atoms with Crippen molar-refractivity contribution in [3.63, 3.8) is 0 Å². The Morgan fingerprint density at radius 3 is 2.73 bits per heavy atom. The van der Waals surface area contributed by atoms with E-state index in [1.54, 1.807) is 11.0 Å². The number of carbonyl (C=O) groups is 2. The lowest BCUT2D eigenvalue weighted by Crippen LogP contribution is -2.59. The molecule has 33 heavy (non-hydrogen) atoms. The standard InChI is InChI=1S/C23H26F2N4O4/c1-2-3-4-9-27-13-28(16-7-8-16)23(33)19-21(31)20(30)17(12-29(19)27)22(32)26-11-14-5-6-15(24)10-18(14)25/h2,5-6,10,12,16,20,30-31H,1,3-4,7-9,11,13H2,(H,26,32). The highest BCUT2D eigenvalue weighted by atomic mass is 19.1. The monoisotopic (exact) mass is 460 g/mol. The summed E-state index contributed by atoms with van der Waals surface area (Å²) in [5, 5.41) is 27.0. The second-order valence-electron chi connectivity index (χ2n) is 8.29. The number of halogens is 2. The molecule has 0 aromatic heterocycles. The molecule has 1 aliphatic carbocycles. The first-order chi connectivity index (χ1) is 15.8. The highest BCUT2D eigenvalue weighted by Gasteiger charge is 2.46. The van der Waals surface area contributed by atoms with Crippen molar-refractivity contribution >= 4 is 11.8 Å². The van der Waals surface area contributed by atoms with E-state index < -0.39 is 35.3 Å².